The lowest BCUT2D eigenvalue weighted by Gasteiger charge is -1.99. The molecule has 0 saturated carbocycles. The van der Waals surface area contributed by atoms with E-state index in [1.54, 1.807) is 0 Å². The summed E-state index contributed by atoms with van der Waals surface area (Å²) in [7, 11) is 0. The van der Waals surface area contributed by atoms with Crippen molar-refractivity contribution < 1.29 is 0 Å². The molecule has 0 unspecified atom stereocenters. The zero-order valence-corrected chi connectivity index (χ0v) is 7.33. The van der Waals surface area contributed by atoms with Crippen molar-refractivity contribution in [3.63, 3.8) is 0 Å². The van der Waals surface area contributed by atoms with Gasteiger partial charge in [-0.05, 0) is 24.4 Å². The summed E-state index contributed by atoms with van der Waals surface area (Å²) in [5, 5.41) is 0. The maximum absolute atomic E-state index is 5.75. The number of rotatable bonds is 1. The van der Waals surface area contributed by atoms with Gasteiger partial charge in [0.05, 0.1) is 11.4 Å². The van der Waals surface area contributed by atoms with E-state index in [2.05, 4.69) is 18.2 Å². The molecule has 3 heteroatoms. The molecule has 0 atom stereocenters. The molecule has 0 radical (unpaired) electrons. The number of hydrogen-bond acceptors (Lipinski definition) is 3. The standard InChI is InChI=1S/C7H12N2S/c1-4(2)7-6(8)5(3)10-9-7/h4H,8H2,1-3H3. The first-order valence-corrected chi connectivity index (χ1v) is 4.12. The average Bonchev–Trinajstić information content (AvgIpc) is 2.14. The van der Waals surface area contributed by atoms with Crippen LogP contribution in [-0.2, 0) is 0 Å². The van der Waals surface area contributed by atoms with Crippen LogP contribution in [0, 0.1) is 6.92 Å². The minimum Gasteiger partial charge on any atom is -0.396 e. The molecule has 0 fully saturated rings. The predicted octanol–water partition coefficient (Wildman–Crippen LogP) is 2.16. The second-order valence-electron chi connectivity index (χ2n) is 2.69. The first kappa shape index (κ1) is 7.54. The molecular formula is C7H12N2S. The normalized spacial score (nSPS) is 10.8. The molecule has 2 nitrogen and oxygen atoms in total. The minimum absolute atomic E-state index is 0.449. The van der Waals surface area contributed by atoms with Gasteiger partial charge in [-0.3, -0.25) is 0 Å². The molecule has 0 saturated heterocycles. The van der Waals surface area contributed by atoms with Crippen molar-refractivity contribution in [3.8, 4) is 0 Å². The van der Waals surface area contributed by atoms with E-state index in [0.29, 0.717) is 5.92 Å². The Morgan fingerprint density at radius 2 is 2.10 bits per heavy atom. The number of nitrogens with zero attached hydrogens (tertiary/aromatic N) is 1. The van der Waals surface area contributed by atoms with Crippen molar-refractivity contribution in [2.24, 2.45) is 0 Å². The van der Waals surface area contributed by atoms with Crippen LogP contribution < -0.4 is 5.73 Å². The third-order valence-corrected chi connectivity index (χ3v) is 2.26. The van der Waals surface area contributed by atoms with Crippen LogP contribution in [0.25, 0.3) is 0 Å². The van der Waals surface area contributed by atoms with E-state index in [1.165, 1.54) is 11.5 Å². The van der Waals surface area contributed by atoms with E-state index < -0.39 is 0 Å². The lowest BCUT2D eigenvalue weighted by atomic mass is 10.1. The zero-order valence-electron chi connectivity index (χ0n) is 6.51. The van der Waals surface area contributed by atoms with E-state index in [4.69, 9.17) is 5.73 Å². The number of nitrogen functional groups attached to an aromatic ring is 1. The molecule has 1 heterocycles. The van der Waals surface area contributed by atoms with Gasteiger partial charge < -0.3 is 5.73 Å². The molecule has 0 aliphatic carbocycles. The molecule has 1 aromatic heterocycles. The van der Waals surface area contributed by atoms with Crippen LogP contribution in [0.5, 0.6) is 0 Å². The van der Waals surface area contributed by atoms with Gasteiger partial charge >= 0.3 is 0 Å². The highest BCUT2D eigenvalue weighted by Crippen LogP contribution is 2.26. The molecule has 0 amide bonds. The maximum atomic E-state index is 5.75. The van der Waals surface area contributed by atoms with Crippen molar-refractivity contribution in [2.75, 3.05) is 5.73 Å². The monoisotopic (exact) mass is 156 g/mol. The smallest absolute Gasteiger partial charge is 0.0799 e. The molecule has 2 N–H and O–H groups in total. The van der Waals surface area contributed by atoms with Crippen LogP contribution in [0.15, 0.2) is 0 Å². The molecule has 0 spiro atoms. The summed E-state index contributed by atoms with van der Waals surface area (Å²) in [6, 6.07) is 0. The summed E-state index contributed by atoms with van der Waals surface area (Å²) in [5.41, 5.74) is 7.67. The average molecular weight is 156 g/mol. The van der Waals surface area contributed by atoms with Crippen LogP contribution in [0.2, 0.25) is 0 Å². The highest BCUT2D eigenvalue weighted by molar-refractivity contribution is 7.06. The number of aromatic nitrogens is 1. The first-order chi connectivity index (χ1) is 4.63. The predicted molar refractivity (Wildman–Crippen MR) is 45.4 cm³/mol. The lowest BCUT2D eigenvalue weighted by Crippen LogP contribution is -1.94. The summed E-state index contributed by atoms with van der Waals surface area (Å²) in [6.45, 7) is 6.20. The summed E-state index contributed by atoms with van der Waals surface area (Å²) < 4.78 is 4.23. The van der Waals surface area contributed by atoms with Crippen LogP contribution in [-0.4, -0.2) is 4.37 Å². The zero-order chi connectivity index (χ0) is 7.72. The highest BCUT2D eigenvalue weighted by atomic mass is 32.1. The maximum Gasteiger partial charge on any atom is 0.0799 e. The molecular weight excluding hydrogens is 144 g/mol. The summed E-state index contributed by atoms with van der Waals surface area (Å²) in [4.78, 5) is 1.13. The highest BCUT2D eigenvalue weighted by Gasteiger charge is 2.09. The third kappa shape index (κ3) is 1.14. The van der Waals surface area contributed by atoms with E-state index in [9.17, 15) is 0 Å². The Morgan fingerprint density at radius 1 is 1.50 bits per heavy atom. The number of nitrogens with two attached hydrogens (primary N) is 1. The molecule has 0 aliphatic heterocycles. The molecule has 1 rings (SSSR count). The molecule has 0 aromatic carbocycles. The number of hydrogen-bond donors (Lipinski definition) is 1. The largest absolute Gasteiger partial charge is 0.396 e. The van der Waals surface area contributed by atoms with Gasteiger partial charge in [-0.2, -0.15) is 4.37 Å². The Bertz CT molecular complexity index is 228. The Kier molecular flexibility index (Phi) is 1.94. The third-order valence-electron chi connectivity index (χ3n) is 1.48. The fourth-order valence-corrected chi connectivity index (χ4v) is 1.56. The quantitative estimate of drug-likeness (QED) is 0.676. The lowest BCUT2D eigenvalue weighted by molar-refractivity contribution is 0.843. The SMILES string of the molecule is Cc1snc(C(C)C)c1N. The van der Waals surface area contributed by atoms with Crippen molar-refractivity contribution in [3.05, 3.63) is 10.6 Å². The van der Waals surface area contributed by atoms with Crippen LogP contribution in [0.3, 0.4) is 0 Å². The van der Waals surface area contributed by atoms with Gasteiger partial charge in [0, 0.05) is 4.88 Å². The van der Waals surface area contributed by atoms with Gasteiger partial charge in [0.15, 0.2) is 0 Å². The van der Waals surface area contributed by atoms with E-state index in [-0.39, 0.29) is 0 Å². The topological polar surface area (TPSA) is 38.9 Å². The van der Waals surface area contributed by atoms with Crippen molar-refractivity contribution in [2.45, 2.75) is 26.7 Å². The first-order valence-electron chi connectivity index (χ1n) is 3.34. The van der Waals surface area contributed by atoms with Crippen molar-refractivity contribution >= 4 is 17.2 Å². The van der Waals surface area contributed by atoms with Crippen LogP contribution in [0.1, 0.15) is 30.3 Å². The van der Waals surface area contributed by atoms with E-state index >= 15 is 0 Å². The summed E-state index contributed by atoms with van der Waals surface area (Å²) >= 11 is 1.48. The van der Waals surface area contributed by atoms with Gasteiger partial charge in [0.1, 0.15) is 0 Å². The Hall–Kier alpha value is -0.570. The molecule has 56 valence electrons. The van der Waals surface area contributed by atoms with Crippen LogP contribution >= 0.6 is 11.5 Å². The fraction of sp³-hybridized carbons (Fsp3) is 0.571. The van der Waals surface area contributed by atoms with Crippen molar-refractivity contribution in [1.82, 2.24) is 4.37 Å². The van der Waals surface area contributed by atoms with Gasteiger partial charge in [0.2, 0.25) is 0 Å². The van der Waals surface area contributed by atoms with Gasteiger partial charge in [0.25, 0.3) is 0 Å². The Balaban J connectivity index is 3.05. The van der Waals surface area contributed by atoms with Crippen molar-refractivity contribution in [1.29, 1.82) is 0 Å². The summed E-state index contributed by atoms with van der Waals surface area (Å²) in [6.07, 6.45) is 0. The van der Waals surface area contributed by atoms with E-state index in [1.807, 2.05) is 6.92 Å². The second-order valence-corrected chi connectivity index (χ2v) is 3.67. The van der Waals surface area contributed by atoms with Gasteiger partial charge in [-0.25, -0.2) is 0 Å². The fourth-order valence-electron chi connectivity index (χ4n) is 0.813. The Morgan fingerprint density at radius 3 is 2.30 bits per heavy atom. The van der Waals surface area contributed by atoms with Gasteiger partial charge in [-0.15, -0.1) is 0 Å². The minimum atomic E-state index is 0.449. The van der Waals surface area contributed by atoms with Crippen LogP contribution in [0.4, 0.5) is 5.69 Å². The summed E-state index contributed by atoms with van der Waals surface area (Å²) in [5.74, 6) is 0.449. The molecule has 1 aromatic rings. The Labute approximate surface area is 65.2 Å². The van der Waals surface area contributed by atoms with Gasteiger partial charge in [-0.1, -0.05) is 13.8 Å². The molecule has 0 bridgehead atoms. The molecule has 10 heavy (non-hydrogen) atoms. The van der Waals surface area contributed by atoms with E-state index in [0.717, 1.165) is 16.3 Å². The number of aryl methyl sites for hydroxylation is 1. The number of anilines is 1. The second kappa shape index (κ2) is 2.58. The molecule has 0 aliphatic rings.